The van der Waals surface area contributed by atoms with E-state index in [2.05, 4.69) is 10.3 Å². The molecule has 1 N–H and O–H groups in total. The van der Waals surface area contributed by atoms with Gasteiger partial charge in [-0.25, -0.2) is 4.39 Å². The number of para-hydroxylation sites is 1. The van der Waals surface area contributed by atoms with Gasteiger partial charge in [0.15, 0.2) is 0 Å². The van der Waals surface area contributed by atoms with Gasteiger partial charge in [0.2, 0.25) is 0 Å². The molecule has 1 aliphatic heterocycles. The third-order valence-corrected chi connectivity index (χ3v) is 4.44. The summed E-state index contributed by atoms with van der Waals surface area (Å²) in [5, 5.41) is 3.43. The van der Waals surface area contributed by atoms with Crippen molar-refractivity contribution in [2.24, 2.45) is 9.98 Å². The maximum Gasteiger partial charge on any atom is 0.133 e. The Hall–Kier alpha value is -3.27. The fourth-order valence-electron chi connectivity index (χ4n) is 3.15. The number of halogens is 1. The quantitative estimate of drug-likeness (QED) is 0.709. The average Bonchev–Trinajstić information content (AvgIpc) is 2.86. The summed E-state index contributed by atoms with van der Waals surface area (Å²) in [6.45, 7) is 0. The van der Waals surface area contributed by atoms with E-state index in [0.29, 0.717) is 0 Å². The van der Waals surface area contributed by atoms with Gasteiger partial charge in [0.05, 0.1) is 5.71 Å². The average molecular weight is 343 g/mol. The Bertz CT molecular complexity index is 976. The molecule has 1 atom stereocenters. The van der Waals surface area contributed by atoms with Gasteiger partial charge >= 0.3 is 0 Å². The molecule has 0 amide bonds. The first-order valence-electron chi connectivity index (χ1n) is 8.48. The van der Waals surface area contributed by atoms with E-state index in [1.807, 2.05) is 54.6 Å². The second-order valence-electron chi connectivity index (χ2n) is 6.08. The maximum absolute atomic E-state index is 13.4. The second-order valence-corrected chi connectivity index (χ2v) is 6.08. The molecule has 128 valence electrons. The number of benzene rings is 3. The van der Waals surface area contributed by atoms with Gasteiger partial charge in [-0.1, -0.05) is 48.5 Å². The van der Waals surface area contributed by atoms with Crippen molar-refractivity contribution in [1.82, 2.24) is 0 Å². The highest BCUT2D eigenvalue weighted by molar-refractivity contribution is 6.20. The minimum absolute atomic E-state index is 0.256. The number of fused-ring (bicyclic) bond motifs is 1. The number of anilines is 1. The zero-order valence-electron chi connectivity index (χ0n) is 14.4. The topological polar surface area (TPSA) is 36.8 Å². The number of hydrogen-bond donors (Lipinski definition) is 1. The van der Waals surface area contributed by atoms with Crippen LogP contribution in [0.3, 0.4) is 0 Å². The fourth-order valence-corrected chi connectivity index (χ4v) is 3.15. The SMILES string of the molecule is CN=C1Nc2ccccc2C(c2ccc(F)cc2)=NC1c1ccccc1. The molecule has 0 aliphatic carbocycles. The van der Waals surface area contributed by atoms with Crippen LogP contribution < -0.4 is 5.32 Å². The summed E-state index contributed by atoms with van der Waals surface area (Å²) in [5.74, 6) is 0.519. The van der Waals surface area contributed by atoms with Crippen LogP contribution >= 0.6 is 0 Å². The first kappa shape index (κ1) is 16.2. The number of rotatable bonds is 2. The normalized spacial score (nSPS) is 17.8. The Morgan fingerprint density at radius 2 is 1.58 bits per heavy atom. The van der Waals surface area contributed by atoms with E-state index in [-0.39, 0.29) is 11.9 Å². The predicted octanol–water partition coefficient (Wildman–Crippen LogP) is 4.86. The highest BCUT2D eigenvalue weighted by Crippen LogP contribution is 2.30. The van der Waals surface area contributed by atoms with Crippen LogP contribution in [0.5, 0.6) is 0 Å². The van der Waals surface area contributed by atoms with Crippen molar-refractivity contribution < 1.29 is 4.39 Å². The minimum atomic E-state index is -0.259. The van der Waals surface area contributed by atoms with Crippen molar-refractivity contribution in [2.45, 2.75) is 6.04 Å². The van der Waals surface area contributed by atoms with Crippen molar-refractivity contribution >= 4 is 17.2 Å². The highest BCUT2D eigenvalue weighted by Gasteiger charge is 2.25. The molecule has 3 aromatic rings. The molecule has 0 fully saturated rings. The second kappa shape index (κ2) is 6.92. The third-order valence-electron chi connectivity index (χ3n) is 4.44. The van der Waals surface area contributed by atoms with E-state index < -0.39 is 0 Å². The first-order chi connectivity index (χ1) is 12.8. The predicted molar refractivity (Wildman–Crippen MR) is 105 cm³/mol. The van der Waals surface area contributed by atoms with Crippen LogP contribution in [0.2, 0.25) is 0 Å². The highest BCUT2D eigenvalue weighted by atomic mass is 19.1. The summed E-state index contributed by atoms with van der Waals surface area (Å²) < 4.78 is 13.4. The Labute approximate surface area is 152 Å². The Morgan fingerprint density at radius 1 is 0.885 bits per heavy atom. The lowest BCUT2D eigenvalue weighted by Crippen LogP contribution is -2.19. The first-order valence-corrected chi connectivity index (χ1v) is 8.48. The molecule has 4 rings (SSSR count). The van der Waals surface area contributed by atoms with Gasteiger partial charge in [0.25, 0.3) is 0 Å². The number of aliphatic imine (C=N–C) groups is 2. The summed E-state index contributed by atoms with van der Waals surface area (Å²) in [7, 11) is 1.76. The standard InChI is InChI=1S/C22H18FN3/c1-24-22-21(15-7-3-2-4-8-15)26-20(16-11-13-17(23)14-12-16)18-9-5-6-10-19(18)25-22/h2-14,21H,1H3,(H,24,25). The Balaban J connectivity index is 1.94. The van der Waals surface area contributed by atoms with E-state index >= 15 is 0 Å². The fraction of sp³-hybridized carbons (Fsp3) is 0.0909. The summed E-state index contributed by atoms with van der Waals surface area (Å²) in [5.41, 5.74) is 4.65. The number of benzodiazepines with no additional fused rings is 1. The van der Waals surface area contributed by atoms with Gasteiger partial charge < -0.3 is 5.32 Å². The summed E-state index contributed by atoms with van der Waals surface area (Å²) in [6.07, 6.45) is 0. The number of nitrogens with zero attached hydrogens (tertiary/aromatic N) is 2. The van der Waals surface area contributed by atoms with Crippen LogP contribution in [0.15, 0.2) is 88.8 Å². The zero-order chi connectivity index (χ0) is 17.9. The van der Waals surface area contributed by atoms with Gasteiger partial charge in [-0.3, -0.25) is 9.98 Å². The zero-order valence-corrected chi connectivity index (χ0v) is 14.4. The summed E-state index contributed by atoms with van der Waals surface area (Å²) >= 11 is 0. The third kappa shape index (κ3) is 3.02. The van der Waals surface area contributed by atoms with Crippen LogP contribution in [-0.4, -0.2) is 18.6 Å². The van der Waals surface area contributed by atoms with Gasteiger partial charge in [0.1, 0.15) is 17.7 Å². The number of amidine groups is 1. The number of hydrogen-bond acceptors (Lipinski definition) is 2. The Kier molecular flexibility index (Phi) is 4.32. The molecule has 0 saturated heterocycles. The van der Waals surface area contributed by atoms with E-state index in [1.54, 1.807) is 19.2 Å². The molecular formula is C22H18FN3. The molecular weight excluding hydrogens is 325 g/mol. The van der Waals surface area contributed by atoms with Crippen LogP contribution in [0.4, 0.5) is 10.1 Å². The lowest BCUT2D eigenvalue weighted by Gasteiger charge is -2.15. The molecule has 1 unspecified atom stereocenters. The minimum Gasteiger partial charge on any atom is -0.341 e. The molecule has 1 aliphatic rings. The Morgan fingerprint density at radius 3 is 2.31 bits per heavy atom. The number of nitrogens with one attached hydrogen (secondary N) is 1. The van der Waals surface area contributed by atoms with E-state index in [9.17, 15) is 4.39 Å². The van der Waals surface area contributed by atoms with Crippen LogP contribution in [0.1, 0.15) is 22.7 Å². The van der Waals surface area contributed by atoms with Gasteiger partial charge in [-0.05, 0) is 35.9 Å². The van der Waals surface area contributed by atoms with E-state index in [0.717, 1.165) is 33.9 Å². The van der Waals surface area contributed by atoms with Gasteiger partial charge in [-0.15, -0.1) is 0 Å². The van der Waals surface area contributed by atoms with Crippen molar-refractivity contribution in [3.8, 4) is 0 Å². The van der Waals surface area contributed by atoms with Crippen molar-refractivity contribution in [1.29, 1.82) is 0 Å². The summed E-state index contributed by atoms with van der Waals surface area (Å²) in [4.78, 5) is 9.49. The summed E-state index contributed by atoms with van der Waals surface area (Å²) in [6, 6.07) is 24.2. The van der Waals surface area contributed by atoms with Crippen molar-refractivity contribution in [3.63, 3.8) is 0 Å². The monoisotopic (exact) mass is 343 g/mol. The molecule has 1 heterocycles. The molecule has 0 saturated carbocycles. The molecule has 4 heteroatoms. The molecule has 0 aromatic heterocycles. The van der Waals surface area contributed by atoms with Crippen LogP contribution in [-0.2, 0) is 0 Å². The van der Waals surface area contributed by atoms with E-state index in [1.165, 1.54) is 12.1 Å². The molecule has 3 aromatic carbocycles. The molecule has 0 bridgehead atoms. The lowest BCUT2D eigenvalue weighted by molar-refractivity contribution is 0.628. The molecule has 3 nitrogen and oxygen atoms in total. The molecule has 0 spiro atoms. The molecule has 0 radical (unpaired) electrons. The van der Waals surface area contributed by atoms with Crippen LogP contribution in [0, 0.1) is 5.82 Å². The van der Waals surface area contributed by atoms with Gasteiger partial charge in [0, 0.05) is 23.9 Å². The van der Waals surface area contributed by atoms with Crippen LogP contribution in [0.25, 0.3) is 0 Å². The van der Waals surface area contributed by atoms with Crippen molar-refractivity contribution in [2.75, 3.05) is 12.4 Å². The lowest BCUT2D eigenvalue weighted by atomic mass is 10.0. The van der Waals surface area contributed by atoms with E-state index in [4.69, 9.17) is 4.99 Å². The smallest absolute Gasteiger partial charge is 0.133 e. The maximum atomic E-state index is 13.4. The van der Waals surface area contributed by atoms with Gasteiger partial charge in [-0.2, -0.15) is 0 Å². The van der Waals surface area contributed by atoms with Crippen molar-refractivity contribution in [3.05, 3.63) is 101 Å². The largest absolute Gasteiger partial charge is 0.341 e. The molecule has 26 heavy (non-hydrogen) atoms.